The van der Waals surface area contributed by atoms with E-state index < -0.39 is 0 Å². The van der Waals surface area contributed by atoms with Crippen molar-refractivity contribution in [2.24, 2.45) is 0 Å². The van der Waals surface area contributed by atoms with Gasteiger partial charge in [-0.2, -0.15) is 0 Å². The minimum Gasteiger partial charge on any atom is -0.494 e. The molecule has 1 N–H and O–H groups in total. The third-order valence-corrected chi connectivity index (χ3v) is 4.09. The molecular weight excluding hydrogens is 224 g/mol. The third-order valence-electron chi connectivity index (χ3n) is 4.09. The van der Waals surface area contributed by atoms with E-state index in [1.807, 2.05) is 13.0 Å². The summed E-state index contributed by atoms with van der Waals surface area (Å²) < 4.78 is 5.61. The molecule has 0 aliphatic carbocycles. The molecule has 3 heteroatoms. The second-order valence-corrected chi connectivity index (χ2v) is 5.18. The second-order valence-electron chi connectivity index (χ2n) is 5.18. The number of piperidine rings is 1. The van der Waals surface area contributed by atoms with Gasteiger partial charge in [-0.05, 0) is 44.9 Å². The zero-order valence-corrected chi connectivity index (χ0v) is 11.1. The molecule has 2 atom stereocenters. The largest absolute Gasteiger partial charge is 0.494 e. The molecule has 3 nitrogen and oxygen atoms in total. The predicted octanol–water partition coefficient (Wildman–Crippen LogP) is 2.42. The van der Waals surface area contributed by atoms with E-state index in [1.54, 1.807) is 0 Å². The van der Waals surface area contributed by atoms with E-state index in [9.17, 15) is 0 Å². The number of benzene rings is 1. The van der Waals surface area contributed by atoms with E-state index in [4.69, 9.17) is 4.74 Å². The van der Waals surface area contributed by atoms with Crippen molar-refractivity contribution in [3.05, 3.63) is 24.3 Å². The summed E-state index contributed by atoms with van der Waals surface area (Å²) in [6.07, 6.45) is 3.88. The molecule has 2 heterocycles. The van der Waals surface area contributed by atoms with E-state index in [1.165, 1.54) is 31.5 Å². The van der Waals surface area contributed by atoms with Gasteiger partial charge in [-0.3, -0.25) is 0 Å². The predicted molar refractivity (Wildman–Crippen MR) is 74.4 cm³/mol. The highest BCUT2D eigenvalue weighted by molar-refractivity contribution is 5.52. The summed E-state index contributed by atoms with van der Waals surface area (Å²) in [6.45, 7) is 5.11. The van der Waals surface area contributed by atoms with Gasteiger partial charge in [0.25, 0.3) is 0 Å². The number of nitrogens with one attached hydrogen (secondary N) is 1. The number of hydrogen-bond acceptors (Lipinski definition) is 3. The van der Waals surface area contributed by atoms with Crippen molar-refractivity contribution in [3.63, 3.8) is 0 Å². The van der Waals surface area contributed by atoms with Crippen LogP contribution in [0.5, 0.6) is 5.75 Å². The number of rotatable bonds is 3. The Balaban J connectivity index is 1.82. The van der Waals surface area contributed by atoms with E-state index in [0.29, 0.717) is 12.1 Å². The lowest BCUT2D eigenvalue weighted by Gasteiger charge is -2.39. The quantitative estimate of drug-likeness (QED) is 0.886. The molecule has 2 fully saturated rings. The Morgan fingerprint density at radius 2 is 2.33 bits per heavy atom. The summed E-state index contributed by atoms with van der Waals surface area (Å²) in [5.41, 5.74) is 1.32. The van der Waals surface area contributed by atoms with Crippen LogP contribution in [-0.2, 0) is 0 Å². The van der Waals surface area contributed by atoms with E-state index in [2.05, 4.69) is 28.4 Å². The molecule has 3 rings (SSSR count). The summed E-state index contributed by atoms with van der Waals surface area (Å²) in [6, 6.07) is 9.91. The van der Waals surface area contributed by atoms with Crippen molar-refractivity contribution in [1.82, 2.24) is 5.32 Å². The normalized spacial score (nSPS) is 27.1. The lowest BCUT2D eigenvalue weighted by atomic mass is 9.96. The highest BCUT2D eigenvalue weighted by Crippen LogP contribution is 2.31. The standard InChI is InChI=1S/C15H22N2O/c1-2-18-13-6-3-5-12(11-13)17-10-4-7-14-15(17)8-9-16-14/h3,5-6,11,14-16H,2,4,7-10H2,1H3. The van der Waals surface area contributed by atoms with Gasteiger partial charge in [0.05, 0.1) is 6.61 Å². The minimum atomic E-state index is 0.677. The zero-order valence-electron chi connectivity index (χ0n) is 11.1. The Morgan fingerprint density at radius 3 is 3.22 bits per heavy atom. The van der Waals surface area contributed by atoms with Gasteiger partial charge >= 0.3 is 0 Å². The molecule has 0 aromatic heterocycles. The van der Waals surface area contributed by atoms with Crippen LogP contribution in [0, 0.1) is 0 Å². The lowest BCUT2D eigenvalue weighted by molar-refractivity contribution is 0.340. The van der Waals surface area contributed by atoms with Crippen molar-refractivity contribution in [1.29, 1.82) is 0 Å². The topological polar surface area (TPSA) is 24.5 Å². The maximum absolute atomic E-state index is 5.61. The number of fused-ring (bicyclic) bond motifs is 1. The van der Waals surface area contributed by atoms with Crippen molar-refractivity contribution in [3.8, 4) is 5.75 Å². The smallest absolute Gasteiger partial charge is 0.121 e. The summed E-state index contributed by atoms with van der Waals surface area (Å²) in [5.74, 6) is 0.989. The van der Waals surface area contributed by atoms with E-state index in [-0.39, 0.29) is 0 Å². The maximum Gasteiger partial charge on any atom is 0.121 e. The van der Waals surface area contributed by atoms with Gasteiger partial charge in [0.1, 0.15) is 5.75 Å². The number of hydrogen-bond donors (Lipinski definition) is 1. The van der Waals surface area contributed by atoms with E-state index in [0.717, 1.165) is 18.9 Å². The van der Waals surface area contributed by atoms with E-state index >= 15 is 0 Å². The molecule has 0 amide bonds. The molecule has 2 saturated heterocycles. The van der Waals surface area contributed by atoms with Crippen LogP contribution in [0.15, 0.2) is 24.3 Å². The maximum atomic E-state index is 5.61. The fraction of sp³-hybridized carbons (Fsp3) is 0.600. The summed E-state index contributed by atoms with van der Waals surface area (Å²) in [4.78, 5) is 2.57. The highest BCUT2D eigenvalue weighted by atomic mass is 16.5. The van der Waals surface area contributed by atoms with Gasteiger partial charge in [-0.15, -0.1) is 0 Å². The fourth-order valence-electron chi connectivity index (χ4n) is 3.31. The third kappa shape index (κ3) is 2.19. The molecule has 0 spiro atoms. The monoisotopic (exact) mass is 246 g/mol. The number of anilines is 1. The lowest BCUT2D eigenvalue weighted by Crippen LogP contribution is -2.48. The SMILES string of the molecule is CCOc1cccc(N2CCCC3NCCC32)c1. The highest BCUT2D eigenvalue weighted by Gasteiger charge is 2.34. The first kappa shape index (κ1) is 11.8. The van der Waals surface area contributed by atoms with Crippen LogP contribution in [0.2, 0.25) is 0 Å². The van der Waals surface area contributed by atoms with Gasteiger partial charge < -0.3 is 15.0 Å². The first-order chi connectivity index (χ1) is 8.88. The van der Waals surface area contributed by atoms with Crippen LogP contribution in [0.3, 0.4) is 0 Å². The first-order valence-electron chi connectivity index (χ1n) is 7.11. The fourth-order valence-corrected chi connectivity index (χ4v) is 3.31. The average Bonchev–Trinajstić information content (AvgIpc) is 2.87. The molecule has 1 aromatic rings. The van der Waals surface area contributed by atoms with Crippen LogP contribution in [0.4, 0.5) is 5.69 Å². The van der Waals surface area contributed by atoms with Crippen molar-refractivity contribution < 1.29 is 4.74 Å². The number of ether oxygens (including phenoxy) is 1. The molecule has 18 heavy (non-hydrogen) atoms. The van der Waals surface area contributed by atoms with Crippen LogP contribution < -0.4 is 15.0 Å². The molecule has 1 aromatic carbocycles. The first-order valence-corrected chi connectivity index (χ1v) is 7.11. The molecule has 2 aliphatic rings. The Morgan fingerprint density at radius 1 is 1.39 bits per heavy atom. The van der Waals surface area contributed by atoms with Crippen LogP contribution in [0.25, 0.3) is 0 Å². The van der Waals surface area contributed by atoms with Crippen molar-refractivity contribution >= 4 is 5.69 Å². The summed E-state index contributed by atoms with van der Waals surface area (Å²) in [7, 11) is 0. The molecule has 2 aliphatic heterocycles. The van der Waals surface area contributed by atoms with Crippen LogP contribution in [-0.4, -0.2) is 31.8 Å². The Kier molecular flexibility index (Phi) is 3.41. The van der Waals surface area contributed by atoms with Gasteiger partial charge in [0.15, 0.2) is 0 Å². The van der Waals surface area contributed by atoms with Crippen molar-refractivity contribution in [2.75, 3.05) is 24.6 Å². The molecule has 0 bridgehead atoms. The minimum absolute atomic E-state index is 0.677. The van der Waals surface area contributed by atoms with Crippen LogP contribution in [0.1, 0.15) is 26.2 Å². The van der Waals surface area contributed by atoms with Gasteiger partial charge in [0.2, 0.25) is 0 Å². The molecule has 0 saturated carbocycles. The Labute approximate surface area is 109 Å². The van der Waals surface area contributed by atoms with Gasteiger partial charge in [0, 0.05) is 30.4 Å². The average molecular weight is 246 g/mol. The molecule has 98 valence electrons. The number of nitrogens with zero attached hydrogens (tertiary/aromatic N) is 1. The molecular formula is C15H22N2O. The molecule has 2 unspecified atom stereocenters. The zero-order chi connectivity index (χ0) is 12.4. The molecule has 0 radical (unpaired) electrons. The Hall–Kier alpha value is -1.22. The van der Waals surface area contributed by atoms with Crippen molar-refractivity contribution in [2.45, 2.75) is 38.3 Å². The summed E-state index contributed by atoms with van der Waals surface area (Å²) >= 11 is 0. The van der Waals surface area contributed by atoms with Gasteiger partial charge in [-0.25, -0.2) is 0 Å². The van der Waals surface area contributed by atoms with Gasteiger partial charge in [-0.1, -0.05) is 6.07 Å². The second kappa shape index (κ2) is 5.19. The summed E-state index contributed by atoms with van der Waals surface area (Å²) in [5, 5.41) is 3.63. The van der Waals surface area contributed by atoms with Crippen LogP contribution >= 0.6 is 0 Å². The Bertz CT molecular complexity index is 407.